The molecule has 0 radical (unpaired) electrons. The summed E-state index contributed by atoms with van der Waals surface area (Å²) < 4.78 is 28.2. The lowest BCUT2D eigenvalue weighted by Gasteiger charge is -2.07. The quantitative estimate of drug-likeness (QED) is 0.908. The van der Waals surface area contributed by atoms with Gasteiger partial charge in [0.05, 0.1) is 9.92 Å². The van der Waals surface area contributed by atoms with Crippen LogP contribution >= 0.6 is 11.6 Å². The molecule has 0 aliphatic heterocycles. The molecule has 1 heterocycles. The number of nitrogens with zero attached hydrogens (tertiary/aromatic N) is 2. The lowest BCUT2D eigenvalue weighted by molar-refractivity contribution is 0.473. The van der Waals surface area contributed by atoms with Crippen molar-refractivity contribution in [2.45, 2.75) is 24.8 Å². The smallest absolute Gasteiger partial charge is 0.263 e. The second kappa shape index (κ2) is 5.34. The predicted molar refractivity (Wildman–Crippen MR) is 76.5 cm³/mol. The number of hydrogen-bond donors (Lipinski definition) is 2. The maximum Gasteiger partial charge on any atom is 0.263 e. The van der Waals surface area contributed by atoms with Gasteiger partial charge in [0.25, 0.3) is 10.0 Å². The minimum atomic E-state index is -3.81. The number of halogens is 1. The summed E-state index contributed by atoms with van der Waals surface area (Å²) in [4.78, 5) is -0.0847. The molecule has 0 amide bonds. The van der Waals surface area contributed by atoms with Crippen molar-refractivity contribution < 1.29 is 13.5 Å². The summed E-state index contributed by atoms with van der Waals surface area (Å²) >= 11 is 5.65. The summed E-state index contributed by atoms with van der Waals surface area (Å²) in [7, 11) is -3.81. The first kappa shape index (κ1) is 14.7. The molecule has 8 heteroatoms. The highest BCUT2D eigenvalue weighted by molar-refractivity contribution is 7.92. The maximum atomic E-state index is 12.1. The molecule has 108 valence electrons. The van der Waals surface area contributed by atoms with Crippen molar-refractivity contribution in [2.75, 3.05) is 4.72 Å². The number of aromatic nitrogens is 2. The van der Waals surface area contributed by atoms with Crippen molar-refractivity contribution in [1.82, 2.24) is 9.78 Å². The molecule has 0 unspecified atom stereocenters. The predicted octanol–water partition coefficient (Wildman–Crippen LogP) is 2.62. The van der Waals surface area contributed by atoms with Gasteiger partial charge in [0.15, 0.2) is 5.82 Å². The van der Waals surface area contributed by atoms with Gasteiger partial charge in [0.2, 0.25) is 0 Å². The Labute approximate surface area is 122 Å². The molecule has 0 aliphatic rings. The number of nitrogens with one attached hydrogen (secondary N) is 1. The van der Waals surface area contributed by atoms with Crippen molar-refractivity contribution >= 4 is 27.4 Å². The lowest BCUT2D eigenvalue weighted by Crippen LogP contribution is -2.14. The van der Waals surface area contributed by atoms with Crippen LogP contribution in [0.3, 0.4) is 0 Å². The Morgan fingerprint density at radius 2 is 2.05 bits per heavy atom. The first-order valence-corrected chi connectivity index (χ1v) is 7.72. The van der Waals surface area contributed by atoms with Crippen molar-refractivity contribution in [2.24, 2.45) is 0 Å². The third kappa shape index (κ3) is 3.05. The zero-order valence-corrected chi connectivity index (χ0v) is 12.5. The first-order valence-electron chi connectivity index (χ1n) is 5.86. The third-order valence-corrected chi connectivity index (χ3v) is 4.28. The summed E-state index contributed by atoms with van der Waals surface area (Å²) in [6.45, 7) is 3.87. The standard InChI is InChI=1S/C12H14ClN3O3S/c1-8(2)16-6-5-12(14-16)15-20(18,19)9-3-4-10(13)11(17)7-9/h3-8,17H,1-2H3,(H,14,15). The number of rotatable bonds is 4. The van der Waals surface area contributed by atoms with Gasteiger partial charge in [-0.05, 0) is 26.0 Å². The number of phenols is 1. The number of aromatic hydroxyl groups is 1. The highest BCUT2D eigenvalue weighted by atomic mass is 35.5. The number of sulfonamides is 1. The number of hydrogen-bond acceptors (Lipinski definition) is 4. The SMILES string of the molecule is CC(C)n1ccc(NS(=O)(=O)c2ccc(Cl)c(O)c2)n1. The van der Waals surface area contributed by atoms with Crippen LogP contribution in [0.1, 0.15) is 19.9 Å². The molecule has 1 aromatic carbocycles. The molecule has 2 rings (SSSR count). The van der Waals surface area contributed by atoms with Crippen LogP contribution in [0, 0.1) is 0 Å². The number of phenolic OH excluding ortho intramolecular Hbond substituents is 1. The molecule has 2 aromatic rings. The van der Waals surface area contributed by atoms with Crippen molar-refractivity contribution in [3.8, 4) is 5.75 Å². The van der Waals surface area contributed by atoms with E-state index in [9.17, 15) is 13.5 Å². The molecular formula is C12H14ClN3O3S. The number of benzene rings is 1. The largest absolute Gasteiger partial charge is 0.506 e. The van der Waals surface area contributed by atoms with Crippen LogP contribution in [0.4, 0.5) is 5.82 Å². The third-order valence-electron chi connectivity index (χ3n) is 2.60. The summed E-state index contributed by atoms with van der Waals surface area (Å²) in [6.07, 6.45) is 1.68. The average molecular weight is 316 g/mol. The van der Waals surface area contributed by atoms with Crippen molar-refractivity contribution in [1.29, 1.82) is 0 Å². The zero-order chi connectivity index (χ0) is 14.9. The maximum absolute atomic E-state index is 12.1. The molecule has 20 heavy (non-hydrogen) atoms. The Morgan fingerprint density at radius 1 is 1.35 bits per heavy atom. The van der Waals surface area contributed by atoms with Gasteiger partial charge < -0.3 is 5.11 Å². The van der Waals surface area contributed by atoms with Gasteiger partial charge in [-0.15, -0.1) is 0 Å². The van der Waals surface area contributed by atoms with Crippen LogP contribution < -0.4 is 4.72 Å². The van der Waals surface area contributed by atoms with Crippen molar-refractivity contribution in [3.63, 3.8) is 0 Å². The summed E-state index contributed by atoms with van der Waals surface area (Å²) in [5, 5.41) is 13.7. The fourth-order valence-corrected chi connectivity index (χ4v) is 2.67. The van der Waals surface area contributed by atoms with E-state index in [1.807, 2.05) is 13.8 Å². The van der Waals surface area contributed by atoms with Crippen LogP contribution in [-0.2, 0) is 10.0 Å². The van der Waals surface area contributed by atoms with Crippen LogP contribution in [0.25, 0.3) is 0 Å². The van der Waals surface area contributed by atoms with Crippen LogP contribution in [0.2, 0.25) is 5.02 Å². The van der Waals surface area contributed by atoms with E-state index >= 15 is 0 Å². The van der Waals surface area contributed by atoms with E-state index in [0.29, 0.717) is 0 Å². The van der Waals surface area contributed by atoms with Crippen LogP contribution in [0.15, 0.2) is 35.4 Å². The molecule has 0 fully saturated rings. The monoisotopic (exact) mass is 315 g/mol. The molecule has 0 spiro atoms. The molecule has 0 saturated carbocycles. The molecule has 0 aliphatic carbocycles. The Hall–Kier alpha value is -1.73. The van der Waals surface area contributed by atoms with Crippen molar-refractivity contribution in [3.05, 3.63) is 35.5 Å². The van der Waals surface area contributed by atoms with Gasteiger partial charge in [-0.2, -0.15) is 5.10 Å². The van der Waals surface area contributed by atoms with E-state index < -0.39 is 10.0 Å². The lowest BCUT2D eigenvalue weighted by atomic mass is 10.3. The van der Waals surface area contributed by atoms with Gasteiger partial charge in [-0.1, -0.05) is 11.6 Å². The van der Waals surface area contributed by atoms with Gasteiger partial charge in [-0.3, -0.25) is 9.40 Å². The van der Waals surface area contributed by atoms with E-state index in [1.165, 1.54) is 12.1 Å². The van der Waals surface area contributed by atoms with Gasteiger partial charge in [0, 0.05) is 24.4 Å². The topological polar surface area (TPSA) is 84.2 Å². The molecule has 0 saturated heterocycles. The normalized spacial score (nSPS) is 11.8. The first-order chi connectivity index (χ1) is 9.29. The van der Waals surface area contributed by atoms with E-state index in [1.54, 1.807) is 16.9 Å². The second-order valence-corrected chi connectivity index (χ2v) is 6.58. The molecule has 1 aromatic heterocycles. The van der Waals surface area contributed by atoms with E-state index in [-0.39, 0.29) is 27.5 Å². The Bertz CT molecular complexity index is 725. The van der Waals surface area contributed by atoms with Gasteiger partial charge >= 0.3 is 0 Å². The molecular weight excluding hydrogens is 302 g/mol. The van der Waals surface area contributed by atoms with E-state index in [4.69, 9.17) is 11.6 Å². The molecule has 6 nitrogen and oxygen atoms in total. The average Bonchev–Trinajstić information content (AvgIpc) is 2.80. The van der Waals surface area contributed by atoms with E-state index in [2.05, 4.69) is 9.82 Å². The molecule has 2 N–H and O–H groups in total. The number of anilines is 1. The highest BCUT2D eigenvalue weighted by Crippen LogP contribution is 2.26. The van der Waals surface area contributed by atoms with Crippen LogP contribution in [0.5, 0.6) is 5.75 Å². The minimum absolute atomic E-state index is 0.0847. The Balaban J connectivity index is 2.28. The fourth-order valence-electron chi connectivity index (χ4n) is 1.54. The zero-order valence-electron chi connectivity index (χ0n) is 10.9. The summed E-state index contributed by atoms with van der Waals surface area (Å²) in [5.41, 5.74) is 0. The minimum Gasteiger partial charge on any atom is -0.506 e. The second-order valence-electron chi connectivity index (χ2n) is 4.49. The van der Waals surface area contributed by atoms with Gasteiger partial charge in [0.1, 0.15) is 5.75 Å². The Morgan fingerprint density at radius 3 is 2.60 bits per heavy atom. The van der Waals surface area contributed by atoms with Gasteiger partial charge in [-0.25, -0.2) is 8.42 Å². The molecule has 0 bridgehead atoms. The van der Waals surface area contributed by atoms with Crippen LogP contribution in [-0.4, -0.2) is 23.3 Å². The van der Waals surface area contributed by atoms with E-state index in [0.717, 1.165) is 6.07 Å². The summed E-state index contributed by atoms with van der Waals surface area (Å²) in [5.74, 6) is -0.0737. The summed E-state index contributed by atoms with van der Waals surface area (Å²) in [6, 6.07) is 5.41. The fraction of sp³-hybridized carbons (Fsp3) is 0.250. The highest BCUT2D eigenvalue weighted by Gasteiger charge is 2.17. The molecule has 0 atom stereocenters. The Kier molecular flexibility index (Phi) is 3.92.